The van der Waals surface area contributed by atoms with Crippen molar-refractivity contribution in [1.29, 1.82) is 0 Å². The molecule has 0 saturated carbocycles. The SMILES string of the molecule is NC1CCc2oc(-c3ccccc3O)nc2C1. The number of para-hydroxylation sites is 1. The van der Waals surface area contributed by atoms with Gasteiger partial charge in [-0.15, -0.1) is 0 Å². The van der Waals surface area contributed by atoms with Crippen molar-refractivity contribution in [2.24, 2.45) is 5.73 Å². The van der Waals surface area contributed by atoms with Crippen molar-refractivity contribution in [3.63, 3.8) is 0 Å². The molecule has 0 fully saturated rings. The number of nitrogens with two attached hydrogens (primary N) is 1. The van der Waals surface area contributed by atoms with E-state index >= 15 is 0 Å². The molecule has 1 aromatic carbocycles. The van der Waals surface area contributed by atoms with Crippen LogP contribution >= 0.6 is 0 Å². The predicted molar refractivity (Wildman–Crippen MR) is 63.6 cm³/mol. The van der Waals surface area contributed by atoms with Crippen molar-refractivity contribution < 1.29 is 9.52 Å². The van der Waals surface area contributed by atoms with Gasteiger partial charge in [0.05, 0.1) is 11.3 Å². The number of rotatable bonds is 1. The van der Waals surface area contributed by atoms with Crippen LogP contribution in [0.15, 0.2) is 28.7 Å². The molecule has 0 aliphatic heterocycles. The monoisotopic (exact) mass is 230 g/mol. The van der Waals surface area contributed by atoms with Gasteiger partial charge in [0.1, 0.15) is 11.5 Å². The first kappa shape index (κ1) is 10.4. The zero-order valence-corrected chi connectivity index (χ0v) is 9.39. The van der Waals surface area contributed by atoms with E-state index in [1.54, 1.807) is 18.2 Å². The molecule has 1 atom stereocenters. The van der Waals surface area contributed by atoms with Crippen molar-refractivity contribution in [2.45, 2.75) is 25.3 Å². The third-order valence-electron chi connectivity index (χ3n) is 3.11. The molecule has 17 heavy (non-hydrogen) atoms. The first-order valence-electron chi connectivity index (χ1n) is 5.76. The number of hydrogen-bond acceptors (Lipinski definition) is 4. The second-order valence-electron chi connectivity index (χ2n) is 4.41. The van der Waals surface area contributed by atoms with E-state index in [-0.39, 0.29) is 11.8 Å². The molecule has 3 N–H and O–H groups in total. The summed E-state index contributed by atoms with van der Waals surface area (Å²) < 4.78 is 5.69. The van der Waals surface area contributed by atoms with Crippen molar-refractivity contribution in [2.75, 3.05) is 0 Å². The maximum absolute atomic E-state index is 9.75. The van der Waals surface area contributed by atoms with Crippen molar-refractivity contribution in [1.82, 2.24) is 4.98 Å². The third kappa shape index (κ3) is 1.80. The molecule has 0 spiro atoms. The summed E-state index contributed by atoms with van der Waals surface area (Å²) in [4.78, 5) is 4.43. The Hall–Kier alpha value is -1.81. The Bertz CT molecular complexity index is 548. The molecule has 1 aliphatic rings. The smallest absolute Gasteiger partial charge is 0.230 e. The lowest BCUT2D eigenvalue weighted by atomic mass is 9.98. The Balaban J connectivity index is 2.03. The Kier molecular flexibility index (Phi) is 2.37. The van der Waals surface area contributed by atoms with Crippen LogP contribution < -0.4 is 5.73 Å². The Morgan fingerprint density at radius 2 is 2.18 bits per heavy atom. The predicted octanol–water partition coefficient (Wildman–Crippen LogP) is 1.86. The number of phenolic OH excluding ortho intramolecular Hbond substituents is 1. The van der Waals surface area contributed by atoms with Crippen LogP contribution in [0.5, 0.6) is 5.75 Å². The number of aryl methyl sites for hydroxylation is 1. The number of fused-ring (bicyclic) bond motifs is 1. The standard InChI is InChI=1S/C13H14N2O2/c14-8-5-6-12-10(7-8)15-13(17-12)9-3-1-2-4-11(9)16/h1-4,8,16H,5-7,14H2. The fourth-order valence-corrected chi connectivity index (χ4v) is 2.17. The Labute approximate surface area is 99.1 Å². The normalized spacial score (nSPS) is 19.0. The highest BCUT2D eigenvalue weighted by atomic mass is 16.4. The van der Waals surface area contributed by atoms with Gasteiger partial charge in [0.25, 0.3) is 0 Å². The maximum Gasteiger partial charge on any atom is 0.230 e. The number of oxazole rings is 1. The zero-order chi connectivity index (χ0) is 11.8. The van der Waals surface area contributed by atoms with Gasteiger partial charge in [-0.25, -0.2) is 4.98 Å². The Morgan fingerprint density at radius 1 is 1.35 bits per heavy atom. The molecule has 4 nitrogen and oxygen atoms in total. The average Bonchev–Trinajstić information content (AvgIpc) is 2.72. The summed E-state index contributed by atoms with van der Waals surface area (Å²) in [5, 5.41) is 9.75. The minimum atomic E-state index is 0.171. The van der Waals surface area contributed by atoms with E-state index in [0.717, 1.165) is 30.7 Å². The van der Waals surface area contributed by atoms with Gasteiger partial charge >= 0.3 is 0 Å². The molecule has 0 amide bonds. The van der Waals surface area contributed by atoms with Crippen LogP contribution in [-0.4, -0.2) is 16.1 Å². The number of aromatic hydroxyl groups is 1. The molecular weight excluding hydrogens is 216 g/mol. The second-order valence-corrected chi connectivity index (χ2v) is 4.41. The first-order chi connectivity index (χ1) is 8.24. The first-order valence-corrected chi connectivity index (χ1v) is 5.76. The lowest BCUT2D eigenvalue weighted by Crippen LogP contribution is -2.27. The summed E-state index contributed by atoms with van der Waals surface area (Å²) in [5.41, 5.74) is 7.46. The van der Waals surface area contributed by atoms with E-state index in [9.17, 15) is 5.11 Å². The quantitative estimate of drug-likeness (QED) is 0.784. The fraction of sp³-hybridized carbons (Fsp3) is 0.308. The second kappa shape index (κ2) is 3.89. The van der Waals surface area contributed by atoms with E-state index in [2.05, 4.69) is 4.98 Å². The number of aromatic nitrogens is 1. The van der Waals surface area contributed by atoms with Gasteiger partial charge in [0.15, 0.2) is 0 Å². The maximum atomic E-state index is 9.75. The van der Waals surface area contributed by atoms with Gasteiger partial charge in [-0.3, -0.25) is 0 Å². The van der Waals surface area contributed by atoms with E-state index in [1.165, 1.54) is 0 Å². The molecular formula is C13H14N2O2. The molecule has 1 unspecified atom stereocenters. The van der Waals surface area contributed by atoms with Crippen LogP contribution in [0.2, 0.25) is 0 Å². The van der Waals surface area contributed by atoms with E-state index in [4.69, 9.17) is 10.2 Å². The van der Waals surface area contributed by atoms with E-state index < -0.39 is 0 Å². The van der Waals surface area contributed by atoms with Gasteiger partial charge in [-0.1, -0.05) is 12.1 Å². The zero-order valence-electron chi connectivity index (χ0n) is 9.39. The molecule has 1 aliphatic carbocycles. The van der Waals surface area contributed by atoms with E-state index in [0.29, 0.717) is 11.5 Å². The number of benzene rings is 1. The lowest BCUT2D eigenvalue weighted by molar-refractivity contribution is 0.454. The molecule has 0 bridgehead atoms. The molecule has 2 aromatic rings. The van der Waals surface area contributed by atoms with Crippen LogP contribution in [0.1, 0.15) is 17.9 Å². The fourth-order valence-electron chi connectivity index (χ4n) is 2.17. The summed E-state index contributed by atoms with van der Waals surface area (Å²) in [5.74, 6) is 1.59. The highest BCUT2D eigenvalue weighted by Crippen LogP contribution is 2.31. The number of phenols is 1. The number of nitrogens with zero attached hydrogens (tertiary/aromatic N) is 1. The van der Waals surface area contributed by atoms with E-state index in [1.807, 2.05) is 6.07 Å². The highest BCUT2D eigenvalue weighted by molar-refractivity contribution is 5.62. The van der Waals surface area contributed by atoms with Crippen LogP contribution in [0, 0.1) is 0 Å². The van der Waals surface area contributed by atoms with Crippen LogP contribution in [-0.2, 0) is 12.8 Å². The summed E-state index contributed by atoms with van der Waals surface area (Å²) in [6, 6.07) is 7.23. The summed E-state index contributed by atoms with van der Waals surface area (Å²) in [6.45, 7) is 0. The topological polar surface area (TPSA) is 72.3 Å². The molecule has 0 saturated heterocycles. The summed E-state index contributed by atoms with van der Waals surface area (Å²) in [6.07, 6.45) is 2.52. The van der Waals surface area contributed by atoms with Gasteiger partial charge in [0, 0.05) is 18.9 Å². The molecule has 3 rings (SSSR count). The minimum Gasteiger partial charge on any atom is -0.507 e. The van der Waals surface area contributed by atoms with Gasteiger partial charge in [-0.2, -0.15) is 0 Å². The van der Waals surface area contributed by atoms with Gasteiger partial charge in [-0.05, 0) is 18.6 Å². The molecule has 1 aromatic heterocycles. The lowest BCUT2D eigenvalue weighted by Gasteiger charge is -2.14. The summed E-state index contributed by atoms with van der Waals surface area (Å²) in [7, 11) is 0. The van der Waals surface area contributed by atoms with Crippen LogP contribution in [0.3, 0.4) is 0 Å². The molecule has 1 heterocycles. The van der Waals surface area contributed by atoms with Gasteiger partial charge < -0.3 is 15.3 Å². The van der Waals surface area contributed by atoms with Crippen molar-refractivity contribution >= 4 is 0 Å². The molecule has 0 radical (unpaired) electrons. The third-order valence-corrected chi connectivity index (χ3v) is 3.11. The Morgan fingerprint density at radius 3 is 3.00 bits per heavy atom. The summed E-state index contributed by atoms with van der Waals surface area (Å²) >= 11 is 0. The highest BCUT2D eigenvalue weighted by Gasteiger charge is 2.22. The largest absolute Gasteiger partial charge is 0.507 e. The van der Waals surface area contributed by atoms with Crippen LogP contribution in [0.25, 0.3) is 11.5 Å². The van der Waals surface area contributed by atoms with Gasteiger partial charge in [0.2, 0.25) is 5.89 Å². The number of hydrogen-bond donors (Lipinski definition) is 2. The minimum absolute atomic E-state index is 0.171. The average molecular weight is 230 g/mol. The molecule has 4 heteroatoms. The van der Waals surface area contributed by atoms with Crippen LogP contribution in [0.4, 0.5) is 0 Å². The van der Waals surface area contributed by atoms with Crippen molar-refractivity contribution in [3.05, 3.63) is 35.7 Å². The van der Waals surface area contributed by atoms with Crippen molar-refractivity contribution in [3.8, 4) is 17.2 Å². The molecule has 88 valence electrons.